The Balaban J connectivity index is 1.88. The predicted octanol–water partition coefficient (Wildman–Crippen LogP) is 3.57. The van der Waals surface area contributed by atoms with Crippen molar-refractivity contribution in [3.63, 3.8) is 0 Å². The fourth-order valence-electron chi connectivity index (χ4n) is 2.35. The molecule has 0 aliphatic carbocycles. The van der Waals surface area contributed by atoms with Crippen LogP contribution in [0.5, 0.6) is 5.88 Å². The highest BCUT2D eigenvalue weighted by Gasteiger charge is 2.15. The molecule has 122 valence electrons. The van der Waals surface area contributed by atoms with Crippen molar-refractivity contribution in [3.05, 3.63) is 35.6 Å². The third-order valence-electron chi connectivity index (χ3n) is 3.38. The van der Waals surface area contributed by atoms with Gasteiger partial charge in [0.15, 0.2) is 11.0 Å². The number of methoxy groups -OCH3 is 1. The molecule has 0 amide bonds. The van der Waals surface area contributed by atoms with Crippen molar-refractivity contribution in [3.8, 4) is 5.88 Å². The number of aryl methyl sites for hydroxylation is 1. The maximum absolute atomic E-state index is 12.7. The van der Waals surface area contributed by atoms with Gasteiger partial charge in [-0.05, 0) is 18.6 Å². The van der Waals surface area contributed by atoms with Crippen LogP contribution in [0.3, 0.4) is 0 Å². The van der Waals surface area contributed by atoms with Gasteiger partial charge in [0.25, 0.3) is 5.88 Å². The number of rotatable bonds is 6. The van der Waals surface area contributed by atoms with Crippen molar-refractivity contribution in [1.82, 2.24) is 14.8 Å². The summed E-state index contributed by atoms with van der Waals surface area (Å²) < 4.78 is 22.6. The molecule has 0 radical (unpaired) electrons. The molecule has 1 unspecified atom stereocenters. The minimum atomic E-state index is -1.44. The van der Waals surface area contributed by atoms with E-state index in [0.717, 1.165) is 23.9 Å². The number of aromatic amines is 1. The lowest BCUT2D eigenvalue weighted by molar-refractivity contribution is 0.389. The molecule has 6 nitrogen and oxygen atoms in total. The molecule has 0 spiro atoms. The summed E-state index contributed by atoms with van der Waals surface area (Å²) in [6.07, 6.45) is 4.47. The summed E-state index contributed by atoms with van der Waals surface area (Å²) in [7, 11) is 0.0975. The summed E-state index contributed by atoms with van der Waals surface area (Å²) in [5.74, 6) is 0.426. The van der Waals surface area contributed by atoms with Gasteiger partial charge in [-0.2, -0.15) is 0 Å². The molecule has 1 aromatic carbocycles. The second kappa shape index (κ2) is 6.64. The Hall–Kier alpha value is -1.99. The van der Waals surface area contributed by atoms with Crippen LogP contribution in [0.15, 0.2) is 35.5 Å². The number of benzene rings is 1. The van der Waals surface area contributed by atoms with Crippen LogP contribution in [0.4, 0.5) is 5.69 Å². The summed E-state index contributed by atoms with van der Waals surface area (Å²) in [6.45, 7) is 2.84. The first-order valence-corrected chi connectivity index (χ1v) is 8.71. The first-order valence-electron chi connectivity index (χ1n) is 7.19. The Kier molecular flexibility index (Phi) is 4.58. The van der Waals surface area contributed by atoms with Crippen LogP contribution in [0.25, 0.3) is 10.9 Å². The summed E-state index contributed by atoms with van der Waals surface area (Å²) in [5.41, 5.74) is 1.44. The van der Waals surface area contributed by atoms with E-state index in [1.807, 2.05) is 6.07 Å². The SMILES string of the molecule is CCCn1cc(NS(=O)c2c[nH]c3cc(Cl)ccc23)c(OC)n1. The minimum absolute atomic E-state index is 0.426. The van der Waals surface area contributed by atoms with Crippen LogP contribution in [0, 0.1) is 0 Å². The van der Waals surface area contributed by atoms with Crippen LogP contribution in [0.1, 0.15) is 13.3 Å². The Bertz CT molecular complexity index is 858. The number of anilines is 1. The van der Waals surface area contributed by atoms with E-state index in [1.165, 1.54) is 0 Å². The van der Waals surface area contributed by atoms with Crippen LogP contribution in [-0.2, 0) is 17.5 Å². The summed E-state index contributed by atoms with van der Waals surface area (Å²) in [5, 5.41) is 5.79. The topological polar surface area (TPSA) is 71.9 Å². The second-order valence-corrected chi connectivity index (χ2v) is 6.65. The molecule has 0 aliphatic rings. The standard InChI is InChI=1S/C15H17ClN4O2S/c1-3-6-20-9-13(15(18-20)22-2)19-23(21)14-8-17-12-7-10(16)4-5-11(12)14/h4-5,7-9,17,19H,3,6H2,1-2H3. The van der Waals surface area contributed by atoms with E-state index in [9.17, 15) is 4.21 Å². The third-order valence-corrected chi connectivity index (χ3v) is 4.76. The zero-order valence-corrected chi connectivity index (χ0v) is 14.4. The van der Waals surface area contributed by atoms with Crippen molar-refractivity contribution in [2.45, 2.75) is 24.8 Å². The molecular weight excluding hydrogens is 336 g/mol. The minimum Gasteiger partial charge on any atom is -0.478 e. The van der Waals surface area contributed by atoms with Crippen molar-refractivity contribution in [2.24, 2.45) is 0 Å². The average Bonchev–Trinajstić information content (AvgIpc) is 3.10. The van der Waals surface area contributed by atoms with Gasteiger partial charge < -0.3 is 9.72 Å². The average molecular weight is 353 g/mol. The van der Waals surface area contributed by atoms with Gasteiger partial charge >= 0.3 is 0 Å². The normalized spacial score (nSPS) is 12.5. The summed E-state index contributed by atoms with van der Waals surface area (Å²) >= 11 is 5.97. The van der Waals surface area contributed by atoms with E-state index in [-0.39, 0.29) is 0 Å². The molecule has 0 saturated carbocycles. The second-order valence-electron chi connectivity index (χ2n) is 5.03. The van der Waals surface area contributed by atoms with Crippen molar-refractivity contribution in [2.75, 3.05) is 11.8 Å². The first-order chi connectivity index (χ1) is 11.1. The van der Waals surface area contributed by atoms with Gasteiger partial charge in [0.1, 0.15) is 5.69 Å². The van der Waals surface area contributed by atoms with E-state index < -0.39 is 11.0 Å². The van der Waals surface area contributed by atoms with Crippen molar-refractivity contribution >= 4 is 39.2 Å². The Morgan fingerprint density at radius 3 is 3.04 bits per heavy atom. The zero-order valence-electron chi connectivity index (χ0n) is 12.8. The Morgan fingerprint density at radius 2 is 2.30 bits per heavy atom. The highest BCUT2D eigenvalue weighted by atomic mass is 35.5. The first kappa shape index (κ1) is 15.9. The van der Waals surface area contributed by atoms with Gasteiger partial charge in [0, 0.05) is 28.7 Å². The lowest BCUT2D eigenvalue weighted by atomic mass is 10.2. The van der Waals surface area contributed by atoms with E-state index in [4.69, 9.17) is 16.3 Å². The molecule has 3 aromatic rings. The van der Waals surface area contributed by atoms with Gasteiger partial charge in [0.2, 0.25) is 0 Å². The van der Waals surface area contributed by atoms with E-state index in [1.54, 1.807) is 36.3 Å². The van der Waals surface area contributed by atoms with E-state index in [0.29, 0.717) is 21.5 Å². The molecule has 0 aliphatic heterocycles. The molecule has 2 N–H and O–H groups in total. The molecule has 0 saturated heterocycles. The number of halogens is 1. The Labute approximate surface area is 141 Å². The van der Waals surface area contributed by atoms with Gasteiger partial charge in [-0.25, -0.2) is 4.21 Å². The van der Waals surface area contributed by atoms with E-state index >= 15 is 0 Å². The maximum Gasteiger partial charge on any atom is 0.257 e. The van der Waals surface area contributed by atoms with Crippen molar-refractivity contribution in [1.29, 1.82) is 0 Å². The quantitative estimate of drug-likeness (QED) is 0.712. The number of fused-ring (bicyclic) bond motifs is 1. The van der Waals surface area contributed by atoms with E-state index in [2.05, 4.69) is 21.7 Å². The highest BCUT2D eigenvalue weighted by molar-refractivity contribution is 7.86. The predicted molar refractivity (Wildman–Crippen MR) is 92.4 cm³/mol. The highest BCUT2D eigenvalue weighted by Crippen LogP contribution is 2.28. The zero-order chi connectivity index (χ0) is 16.4. The largest absolute Gasteiger partial charge is 0.478 e. The number of nitrogens with zero attached hydrogens (tertiary/aromatic N) is 2. The van der Waals surface area contributed by atoms with Gasteiger partial charge in [-0.15, -0.1) is 5.10 Å². The van der Waals surface area contributed by atoms with Gasteiger partial charge in [-0.1, -0.05) is 24.6 Å². The van der Waals surface area contributed by atoms with Gasteiger partial charge in [-0.3, -0.25) is 9.40 Å². The molecular formula is C15H17ClN4O2S. The molecule has 8 heteroatoms. The molecule has 0 bridgehead atoms. The lowest BCUT2D eigenvalue weighted by Crippen LogP contribution is -2.04. The number of ether oxygens (including phenoxy) is 1. The lowest BCUT2D eigenvalue weighted by Gasteiger charge is -2.04. The molecule has 3 rings (SSSR count). The molecule has 2 heterocycles. The number of nitrogens with one attached hydrogen (secondary N) is 2. The Morgan fingerprint density at radius 1 is 1.48 bits per heavy atom. The third kappa shape index (κ3) is 3.20. The van der Waals surface area contributed by atoms with Crippen LogP contribution in [-0.4, -0.2) is 26.1 Å². The molecule has 2 aromatic heterocycles. The maximum atomic E-state index is 12.7. The summed E-state index contributed by atoms with van der Waals surface area (Å²) in [4.78, 5) is 3.73. The van der Waals surface area contributed by atoms with Crippen LogP contribution in [0.2, 0.25) is 5.02 Å². The van der Waals surface area contributed by atoms with Gasteiger partial charge in [0.05, 0.1) is 18.2 Å². The van der Waals surface area contributed by atoms with Crippen molar-refractivity contribution < 1.29 is 8.95 Å². The fourth-order valence-corrected chi connectivity index (χ4v) is 3.51. The monoisotopic (exact) mass is 352 g/mol. The molecule has 1 atom stereocenters. The summed E-state index contributed by atoms with van der Waals surface area (Å²) in [6, 6.07) is 5.43. The van der Waals surface area contributed by atoms with Crippen LogP contribution < -0.4 is 9.46 Å². The van der Waals surface area contributed by atoms with Crippen LogP contribution >= 0.6 is 11.6 Å². The number of hydrogen-bond acceptors (Lipinski definition) is 3. The number of H-pyrrole nitrogens is 1. The number of aromatic nitrogens is 3. The smallest absolute Gasteiger partial charge is 0.257 e. The number of hydrogen-bond donors (Lipinski definition) is 2. The molecule has 0 fully saturated rings. The molecule has 23 heavy (non-hydrogen) atoms. The fraction of sp³-hybridized carbons (Fsp3) is 0.267.